The first-order valence-corrected chi connectivity index (χ1v) is 43.9. The minimum Gasteiger partial charge on any atom is -0.461 e. The van der Waals surface area contributed by atoms with E-state index in [4.69, 9.17) is 15.2 Å². The molecule has 6 aromatic carbocycles. The molecule has 3 aliphatic heterocycles. The molecular weight excluding hydrogens is 1600 g/mol. The number of alkyl halides is 6. The topological polar surface area (TPSA) is 352 Å². The highest BCUT2D eigenvalue weighted by atomic mass is 32.2. The predicted molar refractivity (Wildman–Crippen MR) is 423 cm³/mol. The monoisotopic (exact) mass is 1690 g/mol. The minimum absolute atomic E-state index is 0.00809. The van der Waals surface area contributed by atoms with E-state index in [1.54, 1.807) is 74.5 Å². The normalized spacial score (nSPS) is 17.6. The fraction of sp³-hybridized carbons (Fsp3) is 0.400. The number of nitrogens with two attached hydrogens (primary N) is 1. The van der Waals surface area contributed by atoms with Gasteiger partial charge in [-0.3, -0.25) is 37.4 Å². The number of carbonyl (C=O) groups is 4. The molecule has 2 unspecified atom stereocenters. The predicted octanol–water partition coefficient (Wildman–Crippen LogP) is 12.6. The van der Waals surface area contributed by atoms with Crippen LogP contribution in [-0.4, -0.2) is 148 Å². The molecule has 1 amide bonds. The summed E-state index contributed by atoms with van der Waals surface area (Å²) in [5.41, 5.74) is 5.25. The van der Waals surface area contributed by atoms with Crippen LogP contribution in [0.25, 0.3) is 50.3 Å². The number of aromatic nitrogens is 7. The Morgan fingerprint density at radius 2 is 0.871 bits per heavy atom. The van der Waals surface area contributed by atoms with Crippen molar-refractivity contribution in [1.82, 2.24) is 31.8 Å². The van der Waals surface area contributed by atoms with Gasteiger partial charge in [0.2, 0.25) is 18.6 Å². The van der Waals surface area contributed by atoms with E-state index < -0.39 is 116 Å². The van der Waals surface area contributed by atoms with Crippen molar-refractivity contribution >= 4 is 95.9 Å². The summed E-state index contributed by atoms with van der Waals surface area (Å²) < 4.78 is 199. The van der Waals surface area contributed by atoms with E-state index >= 15 is 0 Å². The van der Waals surface area contributed by atoms with Gasteiger partial charge in [-0.15, -0.1) is 0 Å². The van der Waals surface area contributed by atoms with Crippen LogP contribution in [0.15, 0.2) is 171 Å². The number of amides is 1. The van der Waals surface area contributed by atoms with Crippen LogP contribution in [0.5, 0.6) is 17.2 Å². The number of hydrogen-bond acceptors (Lipinski definition) is 19. The quantitative estimate of drug-likeness (QED) is 0.0434. The van der Waals surface area contributed by atoms with E-state index in [1.165, 1.54) is 112 Å². The van der Waals surface area contributed by atoms with Crippen molar-refractivity contribution in [2.24, 2.45) is 22.0 Å². The summed E-state index contributed by atoms with van der Waals surface area (Å²) in [7, 11) is -13.7. The second-order valence-electron chi connectivity index (χ2n) is 30.8. The van der Waals surface area contributed by atoms with Crippen molar-refractivity contribution < 1.29 is 93.4 Å². The molecular formula is C80H86F6N8O18S4. The number of benzene rings is 6. The third kappa shape index (κ3) is 19.1. The molecule has 3 fully saturated rings. The molecule has 7 heterocycles. The summed E-state index contributed by atoms with van der Waals surface area (Å²) in [5.74, 6) is -1.57. The lowest BCUT2D eigenvalue weighted by Crippen LogP contribution is -2.33. The lowest BCUT2D eigenvalue weighted by Gasteiger charge is -2.32. The number of primary amides is 1. The zero-order chi connectivity index (χ0) is 84.7. The molecule has 116 heavy (non-hydrogen) atoms. The smallest absolute Gasteiger partial charge is 0.461 e. The van der Waals surface area contributed by atoms with Gasteiger partial charge in [0.05, 0.1) is 83.9 Å². The molecule has 3 saturated heterocycles. The van der Waals surface area contributed by atoms with Crippen LogP contribution in [-0.2, 0) is 44.3 Å². The van der Waals surface area contributed by atoms with Crippen LogP contribution in [0.2, 0.25) is 0 Å². The third-order valence-electron chi connectivity index (χ3n) is 21.2. The minimum atomic E-state index is -4.73. The molecule has 4 aromatic heterocycles. The lowest BCUT2D eigenvalue weighted by molar-refractivity contribution is -0.253. The summed E-state index contributed by atoms with van der Waals surface area (Å²) in [6.45, 7) is 13.1. The van der Waals surface area contributed by atoms with Gasteiger partial charge in [0.25, 0.3) is 10.0 Å². The van der Waals surface area contributed by atoms with Crippen molar-refractivity contribution in [2.75, 3.05) is 34.5 Å². The average Bonchev–Trinajstić information content (AvgIpc) is 1.56. The maximum Gasteiger partial charge on any atom is 0.461 e. The number of hydrogen-bond donors (Lipinski definition) is 1. The highest BCUT2D eigenvalue weighted by Crippen LogP contribution is 2.41. The Balaban J connectivity index is 0.000000171. The number of rotatable bonds is 24. The second-order valence-corrected chi connectivity index (χ2v) is 39.5. The Kier molecular flexibility index (Phi) is 24.8. The molecule has 0 radical (unpaired) electrons. The molecule has 10 aromatic rings. The van der Waals surface area contributed by atoms with Gasteiger partial charge in [-0.25, -0.2) is 66.4 Å². The van der Waals surface area contributed by atoms with Gasteiger partial charge in [0.1, 0.15) is 58.6 Å². The molecule has 3 aliphatic rings. The number of ketones is 3. The van der Waals surface area contributed by atoms with Gasteiger partial charge in [-0.05, 0) is 173 Å². The van der Waals surface area contributed by atoms with Crippen molar-refractivity contribution in [2.45, 2.75) is 155 Å². The number of sulfone groups is 3. The van der Waals surface area contributed by atoms with Crippen LogP contribution in [0.1, 0.15) is 156 Å². The zero-order valence-electron chi connectivity index (χ0n) is 64.4. The Morgan fingerprint density at radius 3 is 1.28 bits per heavy atom. The lowest BCUT2D eigenvalue weighted by atomic mass is 9.78. The van der Waals surface area contributed by atoms with E-state index in [1.807, 2.05) is 20.8 Å². The summed E-state index contributed by atoms with van der Waals surface area (Å²) in [6.07, 6.45) is -8.26. The molecule has 36 heteroatoms. The van der Waals surface area contributed by atoms with Crippen LogP contribution in [0, 0.1) is 16.2 Å². The SMILES string of the molecule is CC(C)n1c(=O)n(-c2cc(OC(F)(F)C(F)F)ccn2)c2ccc(C(=O)CC3(C)CCS(=O)(=O)CC3)cc21.CC(F)Oc1cccc(-n2c(=O)n(S(=O)(=O)c3ccccc3)c3cc(C(=O)CC4(C)CCS(=O)(=O)CC4)ccc32)c1.CC(F)Oc1cccc(-n2c(=O)n([C@@H](C)C(N)=O)c3cc(C(=O)CC4(C)CCS(=O)(=O)CC4)ccc32)c1. The fourth-order valence-electron chi connectivity index (χ4n) is 14.4. The average molecular weight is 1690 g/mol. The van der Waals surface area contributed by atoms with Crippen LogP contribution < -0.4 is 37.0 Å². The fourth-order valence-corrected chi connectivity index (χ4v) is 21.3. The Hall–Kier alpha value is -10.5. The van der Waals surface area contributed by atoms with E-state index in [-0.39, 0.29) is 122 Å². The molecule has 3 atom stereocenters. The summed E-state index contributed by atoms with van der Waals surface area (Å²) in [5, 5.41) is 0. The number of imidazole rings is 3. The maximum absolute atomic E-state index is 13.8. The first kappa shape index (κ1) is 86.4. The number of ether oxygens (including phenoxy) is 3. The highest BCUT2D eigenvalue weighted by molar-refractivity contribution is 7.92. The van der Waals surface area contributed by atoms with Gasteiger partial charge in [-0.1, -0.05) is 51.1 Å². The standard InChI is InChI=1S/C29H29FN2O7S2.C26H30FN3O6S.C25H27F4N3O5S/c1-20(30)39-23-8-6-7-22(18-23)31-25-12-11-21(27(33)19-29(2)13-15-40(35,36)16-14-29)17-26(25)32(28(31)34)41(37,38)24-9-4-3-5-10-24;1-16(24(28)32)29-22-13-18(23(31)15-26(3)9-11-37(34,35)12-10-26)7-8-21(22)30(25(29)33)19-5-4-6-20(14-19)36-17(2)27;1-15(2)31-19-12-16(20(33)14-24(3)7-10-38(35,36)11-8-24)4-5-18(19)32(23(31)34)21-13-17(6-9-30-21)37-25(28,29)22(26)27/h3-12,17-18,20H,13-16,19H2,1-2H3;4-8,13-14,16-17H,9-12,15H2,1-3H3,(H2,28,32);4-6,9,12-13,15,22H,7-8,10-11,14H2,1-3H3/t;16-,17?;/m.0./s1. The third-order valence-corrected chi connectivity index (χ3v) is 27.8. The Morgan fingerprint density at radius 1 is 0.483 bits per heavy atom. The summed E-state index contributed by atoms with van der Waals surface area (Å²) in [4.78, 5) is 96.6. The van der Waals surface area contributed by atoms with Crippen LogP contribution >= 0.6 is 0 Å². The molecule has 13 rings (SSSR count). The van der Waals surface area contributed by atoms with Gasteiger partial charge >= 0.3 is 29.6 Å². The zero-order valence-corrected chi connectivity index (χ0v) is 67.7. The first-order valence-electron chi connectivity index (χ1n) is 37.0. The number of carbonyl (C=O) groups excluding carboxylic acids is 4. The van der Waals surface area contributed by atoms with Gasteiger partial charge in [0, 0.05) is 80.2 Å². The molecule has 0 bridgehead atoms. The number of fused-ring (bicyclic) bond motifs is 3. The number of Topliss-reactive ketones (excluding diaryl/α,β-unsaturated/α-hetero) is 3. The molecule has 2 N–H and O–H groups in total. The largest absolute Gasteiger partial charge is 0.461 e. The van der Waals surface area contributed by atoms with Gasteiger partial charge in [0.15, 0.2) is 17.3 Å². The van der Waals surface area contributed by atoms with Gasteiger partial charge < -0.3 is 19.9 Å². The molecule has 620 valence electrons. The number of nitrogens with zero attached hydrogens (tertiary/aromatic N) is 7. The second kappa shape index (κ2) is 33.3. The molecule has 0 saturated carbocycles. The van der Waals surface area contributed by atoms with Crippen LogP contribution in [0.3, 0.4) is 0 Å². The Labute approximate surface area is 663 Å². The molecule has 0 aliphatic carbocycles. The van der Waals surface area contributed by atoms with Crippen molar-refractivity contribution in [3.8, 4) is 34.4 Å². The maximum atomic E-state index is 13.8. The van der Waals surface area contributed by atoms with E-state index in [0.717, 1.165) is 22.9 Å². The van der Waals surface area contributed by atoms with E-state index in [9.17, 15) is 93.6 Å². The molecule has 0 spiro atoms. The number of halogens is 6. The summed E-state index contributed by atoms with van der Waals surface area (Å²) >= 11 is 0. The summed E-state index contributed by atoms with van der Waals surface area (Å²) in [6, 6.07) is 34.2. The van der Waals surface area contributed by atoms with Crippen molar-refractivity contribution in [3.05, 3.63) is 200 Å². The van der Waals surface area contributed by atoms with Crippen molar-refractivity contribution in [3.63, 3.8) is 0 Å². The van der Waals surface area contributed by atoms with E-state index in [0.29, 0.717) is 81.4 Å². The first-order chi connectivity index (χ1) is 54.2. The molecule has 26 nitrogen and oxygen atoms in total. The Bertz CT molecular complexity index is 6130. The van der Waals surface area contributed by atoms with Gasteiger partial charge in [-0.2, -0.15) is 21.5 Å². The number of pyridine rings is 1. The van der Waals surface area contributed by atoms with E-state index in [2.05, 4.69) is 9.72 Å². The highest BCUT2D eigenvalue weighted by Gasteiger charge is 2.45. The van der Waals surface area contributed by atoms with Crippen LogP contribution in [0.4, 0.5) is 26.3 Å². The van der Waals surface area contributed by atoms with Crippen molar-refractivity contribution in [1.29, 1.82) is 0 Å².